The van der Waals surface area contributed by atoms with Crippen LogP contribution in [0.15, 0.2) is 24.3 Å². The molecule has 0 aliphatic rings. The summed E-state index contributed by atoms with van der Waals surface area (Å²) in [4.78, 5) is 15.6. The van der Waals surface area contributed by atoms with Crippen LogP contribution in [-0.2, 0) is 6.42 Å². The third-order valence-electron chi connectivity index (χ3n) is 2.52. The van der Waals surface area contributed by atoms with Crippen LogP contribution < -0.4 is 5.32 Å². The number of anilines is 2. The van der Waals surface area contributed by atoms with E-state index in [1.165, 1.54) is 0 Å². The van der Waals surface area contributed by atoms with Crippen LogP contribution in [0.25, 0.3) is 0 Å². The van der Waals surface area contributed by atoms with E-state index in [-0.39, 0.29) is 10.6 Å². The lowest BCUT2D eigenvalue weighted by molar-refractivity contribution is 0.0700. The second kappa shape index (κ2) is 5.71. The van der Waals surface area contributed by atoms with Gasteiger partial charge in [0.2, 0.25) is 0 Å². The highest BCUT2D eigenvalue weighted by Gasteiger charge is 2.17. The van der Waals surface area contributed by atoms with E-state index in [9.17, 15) is 9.90 Å². The van der Waals surface area contributed by atoms with Crippen molar-refractivity contribution in [2.75, 3.05) is 5.32 Å². The predicted octanol–water partition coefficient (Wildman–Crippen LogP) is 3.24. The number of hydrogen-bond acceptors (Lipinski definition) is 5. The monoisotopic (exact) mass is 278 g/mol. The second-order valence-electron chi connectivity index (χ2n) is 3.99. The van der Waals surface area contributed by atoms with Crippen LogP contribution in [0.3, 0.4) is 0 Å². The zero-order valence-corrected chi connectivity index (χ0v) is 11.2. The van der Waals surface area contributed by atoms with Gasteiger partial charge in [0.1, 0.15) is 10.6 Å². The number of nitrogens with one attached hydrogen (secondary N) is 1. The molecule has 0 atom stereocenters. The molecule has 0 fully saturated rings. The first-order valence-corrected chi connectivity index (χ1v) is 6.71. The summed E-state index contributed by atoms with van der Waals surface area (Å²) >= 11 is 1.08. The van der Waals surface area contributed by atoms with Crippen LogP contribution in [0.5, 0.6) is 5.75 Å². The molecule has 0 radical (unpaired) electrons. The minimum Gasteiger partial charge on any atom is -0.506 e. The van der Waals surface area contributed by atoms with Gasteiger partial charge in [0, 0.05) is 0 Å². The molecule has 3 N–H and O–H groups in total. The molecule has 2 rings (SSSR count). The van der Waals surface area contributed by atoms with Gasteiger partial charge in [-0.15, -0.1) is 0 Å². The van der Waals surface area contributed by atoms with E-state index in [4.69, 9.17) is 5.11 Å². The number of carbonyl (C=O) groups is 1. The summed E-state index contributed by atoms with van der Waals surface area (Å²) in [6.45, 7) is 1.97. The molecule has 0 saturated heterocycles. The number of aromatic hydroxyl groups is 1. The van der Waals surface area contributed by atoms with Crippen LogP contribution in [-0.4, -0.2) is 21.2 Å². The molecule has 1 aromatic heterocycles. The number of carboxylic acids is 1. The van der Waals surface area contributed by atoms with Crippen molar-refractivity contribution in [2.24, 2.45) is 0 Å². The number of para-hydroxylation sites is 2. The fourth-order valence-corrected chi connectivity index (χ4v) is 2.54. The van der Waals surface area contributed by atoms with E-state index < -0.39 is 5.97 Å². The first kappa shape index (κ1) is 13.4. The van der Waals surface area contributed by atoms with Gasteiger partial charge in [-0.25, -0.2) is 9.78 Å². The van der Waals surface area contributed by atoms with E-state index in [0.29, 0.717) is 22.9 Å². The van der Waals surface area contributed by atoms with Crippen molar-refractivity contribution in [1.82, 2.24) is 4.98 Å². The van der Waals surface area contributed by atoms with Gasteiger partial charge in [-0.1, -0.05) is 36.8 Å². The van der Waals surface area contributed by atoms with Crippen LogP contribution in [0, 0.1) is 0 Å². The Morgan fingerprint density at radius 1 is 1.42 bits per heavy atom. The zero-order valence-electron chi connectivity index (χ0n) is 10.4. The highest BCUT2D eigenvalue weighted by Crippen LogP contribution is 2.30. The summed E-state index contributed by atoms with van der Waals surface area (Å²) in [7, 11) is 0. The lowest BCUT2D eigenvalue weighted by atomic mass is 10.2. The Kier molecular flexibility index (Phi) is 4.01. The third kappa shape index (κ3) is 3.03. The van der Waals surface area contributed by atoms with E-state index in [2.05, 4.69) is 10.3 Å². The number of nitrogens with zero attached hydrogens (tertiary/aromatic N) is 1. The molecular weight excluding hydrogens is 264 g/mol. The number of phenolic OH excluding ortho intramolecular Hbond substituents is 1. The smallest absolute Gasteiger partial charge is 0.347 e. The Hall–Kier alpha value is -2.08. The fraction of sp³-hybridized carbons (Fsp3) is 0.231. The molecule has 1 heterocycles. The van der Waals surface area contributed by atoms with Crippen LogP contribution in [0.1, 0.15) is 28.7 Å². The zero-order chi connectivity index (χ0) is 13.8. The van der Waals surface area contributed by atoms with Crippen LogP contribution in [0.2, 0.25) is 0 Å². The van der Waals surface area contributed by atoms with E-state index in [0.717, 1.165) is 17.8 Å². The lowest BCUT2D eigenvalue weighted by Crippen LogP contribution is -1.98. The molecule has 0 aliphatic carbocycles. The van der Waals surface area contributed by atoms with Gasteiger partial charge >= 0.3 is 5.97 Å². The first-order chi connectivity index (χ1) is 9.11. The van der Waals surface area contributed by atoms with Gasteiger partial charge in [-0.3, -0.25) is 0 Å². The third-order valence-corrected chi connectivity index (χ3v) is 3.53. The van der Waals surface area contributed by atoms with Crippen molar-refractivity contribution >= 4 is 28.1 Å². The molecule has 100 valence electrons. The number of aromatic nitrogens is 1. The molecule has 5 nitrogen and oxygen atoms in total. The minimum absolute atomic E-state index is 0.103. The maximum Gasteiger partial charge on any atom is 0.347 e. The number of aryl methyl sites for hydroxylation is 1. The van der Waals surface area contributed by atoms with Gasteiger partial charge < -0.3 is 15.5 Å². The molecule has 6 heteroatoms. The number of benzene rings is 1. The summed E-state index contributed by atoms with van der Waals surface area (Å²) in [6, 6.07) is 6.76. The number of thiazole rings is 1. The van der Waals surface area contributed by atoms with E-state index in [1.54, 1.807) is 24.3 Å². The van der Waals surface area contributed by atoms with Crippen molar-refractivity contribution in [3.8, 4) is 5.75 Å². The molecule has 0 aliphatic heterocycles. The van der Waals surface area contributed by atoms with Crippen LogP contribution in [0.4, 0.5) is 10.8 Å². The quantitative estimate of drug-likeness (QED) is 0.731. The Morgan fingerprint density at radius 3 is 2.79 bits per heavy atom. The van der Waals surface area contributed by atoms with E-state index >= 15 is 0 Å². The summed E-state index contributed by atoms with van der Waals surface area (Å²) in [5.74, 6) is -0.863. The first-order valence-electron chi connectivity index (χ1n) is 5.89. The highest BCUT2D eigenvalue weighted by atomic mass is 32.1. The van der Waals surface area contributed by atoms with Gasteiger partial charge in [0.25, 0.3) is 0 Å². The normalized spacial score (nSPS) is 10.4. The molecule has 0 saturated carbocycles. The van der Waals surface area contributed by atoms with Crippen molar-refractivity contribution in [1.29, 1.82) is 0 Å². The number of rotatable bonds is 5. The number of hydrogen-bond donors (Lipinski definition) is 3. The maximum atomic E-state index is 11.1. The topological polar surface area (TPSA) is 82.5 Å². The number of phenols is 1. The Balaban J connectivity index is 2.29. The summed E-state index contributed by atoms with van der Waals surface area (Å²) in [5, 5.41) is 22.2. The van der Waals surface area contributed by atoms with Gasteiger partial charge in [-0.2, -0.15) is 0 Å². The molecule has 0 bridgehead atoms. The average molecular weight is 278 g/mol. The molecule has 2 aromatic rings. The van der Waals surface area contributed by atoms with Crippen molar-refractivity contribution in [2.45, 2.75) is 19.8 Å². The van der Waals surface area contributed by atoms with Crippen molar-refractivity contribution in [3.63, 3.8) is 0 Å². The Morgan fingerprint density at radius 2 is 2.16 bits per heavy atom. The summed E-state index contributed by atoms with van der Waals surface area (Å²) in [5.41, 5.74) is 1.09. The lowest BCUT2D eigenvalue weighted by Gasteiger charge is -2.03. The molecule has 0 unspecified atom stereocenters. The number of aromatic carboxylic acids is 1. The van der Waals surface area contributed by atoms with Gasteiger partial charge in [-0.05, 0) is 18.6 Å². The standard InChI is InChI=1S/C13H14N2O3S/c1-2-5-9-11(12(17)18)19-13(15-9)14-8-6-3-4-7-10(8)16/h3-4,6-7,16H,2,5H2,1H3,(H,14,15)(H,17,18). The molecule has 0 amide bonds. The Bertz CT molecular complexity index is 595. The molecule has 1 aromatic carbocycles. The average Bonchev–Trinajstić information content (AvgIpc) is 2.76. The second-order valence-corrected chi connectivity index (χ2v) is 4.99. The molecule has 0 spiro atoms. The largest absolute Gasteiger partial charge is 0.506 e. The van der Waals surface area contributed by atoms with Gasteiger partial charge in [0.05, 0.1) is 11.4 Å². The summed E-state index contributed by atoms with van der Waals surface area (Å²) in [6.07, 6.45) is 1.46. The van der Waals surface area contributed by atoms with Crippen molar-refractivity contribution in [3.05, 3.63) is 34.8 Å². The summed E-state index contributed by atoms with van der Waals surface area (Å²) < 4.78 is 0. The van der Waals surface area contributed by atoms with Crippen molar-refractivity contribution < 1.29 is 15.0 Å². The van der Waals surface area contributed by atoms with Gasteiger partial charge in [0.15, 0.2) is 5.13 Å². The highest BCUT2D eigenvalue weighted by molar-refractivity contribution is 7.17. The minimum atomic E-state index is -0.966. The maximum absolute atomic E-state index is 11.1. The molecular formula is C13H14N2O3S. The van der Waals surface area contributed by atoms with E-state index in [1.807, 2.05) is 6.92 Å². The van der Waals surface area contributed by atoms with Crippen LogP contribution >= 0.6 is 11.3 Å². The fourth-order valence-electron chi connectivity index (χ4n) is 1.67. The SMILES string of the molecule is CCCc1nc(Nc2ccccc2O)sc1C(=O)O. The molecule has 19 heavy (non-hydrogen) atoms. The number of carboxylic acid groups (broad SMARTS) is 1. The Labute approximate surface area is 114 Å². The predicted molar refractivity (Wildman–Crippen MR) is 74.5 cm³/mol.